The summed E-state index contributed by atoms with van der Waals surface area (Å²) in [4.78, 5) is 2.74. The van der Waals surface area contributed by atoms with Crippen molar-refractivity contribution < 1.29 is 0 Å². The Morgan fingerprint density at radius 3 is 2.15 bits per heavy atom. The average molecular weight is 281 g/mol. The molecule has 1 aliphatic heterocycles. The SMILES string of the molecule is CCC(CC)(C(CC1CCCCC1)NN)N1CCCC1. The summed E-state index contributed by atoms with van der Waals surface area (Å²) in [5, 5.41) is 0. The van der Waals surface area contributed by atoms with Crippen LogP contribution in [0.2, 0.25) is 0 Å². The Bertz CT molecular complexity index is 263. The number of rotatable bonds is 7. The van der Waals surface area contributed by atoms with Crippen LogP contribution in [0.25, 0.3) is 0 Å². The van der Waals surface area contributed by atoms with Crippen LogP contribution in [0.5, 0.6) is 0 Å². The van der Waals surface area contributed by atoms with Crippen molar-refractivity contribution in [3.63, 3.8) is 0 Å². The molecule has 20 heavy (non-hydrogen) atoms. The van der Waals surface area contributed by atoms with E-state index in [1.54, 1.807) is 0 Å². The second kappa shape index (κ2) is 7.77. The molecule has 0 spiro atoms. The van der Waals surface area contributed by atoms with Gasteiger partial charge in [0.1, 0.15) is 0 Å². The highest BCUT2D eigenvalue weighted by Gasteiger charge is 2.42. The molecule has 0 aromatic heterocycles. The Balaban J connectivity index is 2.06. The first-order valence-corrected chi connectivity index (χ1v) is 8.98. The third kappa shape index (κ3) is 3.37. The molecule has 0 radical (unpaired) electrons. The highest BCUT2D eigenvalue weighted by Crippen LogP contribution is 2.36. The predicted molar refractivity (Wildman–Crippen MR) is 86.4 cm³/mol. The van der Waals surface area contributed by atoms with E-state index in [0.29, 0.717) is 6.04 Å². The molecule has 118 valence electrons. The van der Waals surface area contributed by atoms with E-state index in [9.17, 15) is 0 Å². The molecule has 2 fully saturated rings. The van der Waals surface area contributed by atoms with Crippen LogP contribution < -0.4 is 11.3 Å². The van der Waals surface area contributed by atoms with Gasteiger partial charge in [0.15, 0.2) is 0 Å². The predicted octanol–water partition coefficient (Wildman–Crippen LogP) is 3.44. The van der Waals surface area contributed by atoms with Crippen LogP contribution in [0.1, 0.15) is 78.1 Å². The van der Waals surface area contributed by atoms with Gasteiger partial charge in [0, 0.05) is 11.6 Å². The second-order valence-electron chi connectivity index (χ2n) is 6.96. The second-order valence-corrected chi connectivity index (χ2v) is 6.96. The summed E-state index contributed by atoms with van der Waals surface area (Å²) >= 11 is 0. The topological polar surface area (TPSA) is 41.3 Å². The molecule has 1 aliphatic carbocycles. The number of nitrogens with zero attached hydrogens (tertiary/aromatic N) is 1. The van der Waals surface area contributed by atoms with E-state index in [1.165, 1.54) is 77.3 Å². The minimum absolute atomic E-state index is 0.280. The fourth-order valence-electron chi connectivity index (χ4n) is 4.77. The maximum absolute atomic E-state index is 6.02. The Hall–Kier alpha value is -0.120. The highest BCUT2D eigenvalue weighted by molar-refractivity contribution is 5.00. The number of hydrogen-bond donors (Lipinski definition) is 2. The number of hydrogen-bond acceptors (Lipinski definition) is 3. The van der Waals surface area contributed by atoms with Crippen LogP contribution in [-0.4, -0.2) is 29.6 Å². The fourth-order valence-corrected chi connectivity index (χ4v) is 4.77. The lowest BCUT2D eigenvalue weighted by Crippen LogP contribution is -2.62. The Labute approximate surface area is 125 Å². The molecule has 1 saturated heterocycles. The molecular formula is C17H35N3. The van der Waals surface area contributed by atoms with E-state index in [4.69, 9.17) is 5.84 Å². The average Bonchev–Trinajstić information content (AvgIpc) is 3.03. The van der Waals surface area contributed by atoms with Crippen molar-refractivity contribution >= 4 is 0 Å². The summed E-state index contributed by atoms with van der Waals surface area (Å²) in [6.07, 6.45) is 13.6. The Morgan fingerprint density at radius 1 is 1.05 bits per heavy atom. The minimum atomic E-state index is 0.280. The smallest absolute Gasteiger partial charge is 0.0397 e. The fraction of sp³-hybridized carbons (Fsp3) is 1.00. The lowest BCUT2D eigenvalue weighted by molar-refractivity contribution is 0.0488. The molecular weight excluding hydrogens is 246 g/mol. The van der Waals surface area contributed by atoms with Crippen LogP contribution >= 0.6 is 0 Å². The van der Waals surface area contributed by atoms with E-state index in [1.807, 2.05) is 0 Å². The molecule has 1 saturated carbocycles. The van der Waals surface area contributed by atoms with E-state index in [-0.39, 0.29) is 5.54 Å². The number of hydrazine groups is 1. The van der Waals surface area contributed by atoms with Crippen molar-refractivity contribution in [1.29, 1.82) is 0 Å². The molecule has 3 heteroatoms. The summed E-state index contributed by atoms with van der Waals surface area (Å²) < 4.78 is 0. The van der Waals surface area contributed by atoms with Crippen LogP contribution in [0.3, 0.4) is 0 Å². The van der Waals surface area contributed by atoms with Crippen molar-refractivity contribution in [3.05, 3.63) is 0 Å². The zero-order chi connectivity index (χ0) is 14.4. The van der Waals surface area contributed by atoms with Crippen LogP contribution in [0.4, 0.5) is 0 Å². The third-order valence-electron chi connectivity index (χ3n) is 6.10. The summed E-state index contributed by atoms with van der Waals surface area (Å²) in [5.41, 5.74) is 3.51. The van der Waals surface area contributed by atoms with Crippen LogP contribution in [0.15, 0.2) is 0 Å². The van der Waals surface area contributed by atoms with Crippen molar-refractivity contribution in [2.45, 2.75) is 89.6 Å². The first-order valence-electron chi connectivity index (χ1n) is 8.98. The van der Waals surface area contributed by atoms with E-state index >= 15 is 0 Å². The number of nitrogens with two attached hydrogens (primary N) is 1. The lowest BCUT2D eigenvalue weighted by atomic mass is 9.75. The molecule has 1 heterocycles. The largest absolute Gasteiger partial charge is 0.296 e. The summed E-state index contributed by atoms with van der Waals surface area (Å²) in [5.74, 6) is 6.91. The Morgan fingerprint density at radius 2 is 1.65 bits per heavy atom. The Kier molecular flexibility index (Phi) is 6.31. The van der Waals surface area contributed by atoms with Crippen LogP contribution in [-0.2, 0) is 0 Å². The maximum Gasteiger partial charge on any atom is 0.0397 e. The van der Waals surface area contributed by atoms with E-state index < -0.39 is 0 Å². The summed E-state index contributed by atoms with van der Waals surface area (Å²) in [6, 6.07) is 0.457. The van der Waals surface area contributed by atoms with Gasteiger partial charge in [-0.2, -0.15) is 0 Å². The molecule has 3 nitrogen and oxygen atoms in total. The maximum atomic E-state index is 6.02. The third-order valence-corrected chi connectivity index (χ3v) is 6.10. The molecule has 2 aliphatic rings. The first kappa shape index (κ1) is 16.3. The van der Waals surface area contributed by atoms with Gasteiger partial charge in [-0.1, -0.05) is 46.0 Å². The van der Waals surface area contributed by atoms with Gasteiger partial charge in [0.05, 0.1) is 0 Å². The van der Waals surface area contributed by atoms with Gasteiger partial charge in [-0.25, -0.2) is 0 Å². The molecule has 0 aromatic carbocycles. The molecule has 0 amide bonds. The van der Waals surface area contributed by atoms with Gasteiger partial charge in [-0.3, -0.25) is 16.2 Å². The molecule has 0 aromatic rings. The lowest BCUT2D eigenvalue weighted by Gasteiger charge is -2.48. The summed E-state index contributed by atoms with van der Waals surface area (Å²) in [7, 11) is 0. The molecule has 2 rings (SSSR count). The number of nitrogens with one attached hydrogen (secondary N) is 1. The molecule has 1 unspecified atom stereocenters. The molecule has 3 N–H and O–H groups in total. The van der Waals surface area contributed by atoms with E-state index in [2.05, 4.69) is 24.2 Å². The molecule has 0 bridgehead atoms. The number of likely N-dealkylation sites (tertiary alicyclic amines) is 1. The van der Waals surface area contributed by atoms with Gasteiger partial charge in [-0.05, 0) is 51.1 Å². The first-order chi connectivity index (χ1) is 9.76. The van der Waals surface area contributed by atoms with E-state index in [0.717, 1.165) is 5.92 Å². The van der Waals surface area contributed by atoms with Crippen molar-refractivity contribution in [2.24, 2.45) is 11.8 Å². The van der Waals surface area contributed by atoms with Crippen LogP contribution in [0, 0.1) is 5.92 Å². The van der Waals surface area contributed by atoms with Crippen molar-refractivity contribution in [2.75, 3.05) is 13.1 Å². The van der Waals surface area contributed by atoms with Gasteiger partial charge >= 0.3 is 0 Å². The molecule has 1 atom stereocenters. The highest BCUT2D eigenvalue weighted by atomic mass is 15.3. The quantitative estimate of drug-likeness (QED) is 0.555. The zero-order valence-corrected chi connectivity index (χ0v) is 13.7. The standard InChI is InChI=1S/C17H35N3/c1-3-17(4-2,20-12-8-9-13-20)16(19-18)14-15-10-6-5-7-11-15/h15-16,19H,3-14,18H2,1-2H3. The summed E-state index contributed by atoms with van der Waals surface area (Å²) in [6.45, 7) is 7.25. The minimum Gasteiger partial charge on any atom is -0.296 e. The van der Waals surface area contributed by atoms with Gasteiger partial charge in [0.25, 0.3) is 0 Å². The monoisotopic (exact) mass is 281 g/mol. The van der Waals surface area contributed by atoms with Crippen molar-refractivity contribution in [1.82, 2.24) is 10.3 Å². The van der Waals surface area contributed by atoms with Gasteiger partial charge in [0.2, 0.25) is 0 Å². The van der Waals surface area contributed by atoms with Crippen molar-refractivity contribution in [3.8, 4) is 0 Å². The zero-order valence-electron chi connectivity index (χ0n) is 13.7. The normalized spacial score (nSPS) is 24.1. The van der Waals surface area contributed by atoms with Gasteiger partial charge < -0.3 is 0 Å². The van der Waals surface area contributed by atoms with Gasteiger partial charge in [-0.15, -0.1) is 0 Å².